The maximum atomic E-state index is 12.2. The standard InChI is InChI=1S/C17H25NO5/c1-11-12(2)23-17(20)16(11)18-13(9-19)6-7-14(18)10-22-15-5-3-4-8-21-15/h6-7,11-12,15-16,19H,3-5,8-10H2,1-2H3/t11-,12-,15?,16+/m1/s1. The van der Waals surface area contributed by atoms with Crippen LogP contribution in [0.3, 0.4) is 0 Å². The number of esters is 1. The fraction of sp³-hybridized carbons (Fsp3) is 0.706. The van der Waals surface area contributed by atoms with Crippen molar-refractivity contribution in [2.45, 2.75) is 64.8 Å². The lowest BCUT2D eigenvalue weighted by Gasteiger charge is -2.24. The minimum Gasteiger partial charge on any atom is -0.461 e. The molecule has 1 unspecified atom stereocenters. The van der Waals surface area contributed by atoms with Gasteiger partial charge in [0.25, 0.3) is 0 Å². The molecule has 2 fully saturated rings. The first-order valence-corrected chi connectivity index (χ1v) is 8.35. The number of ether oxygens (including phenoxy) is 3. The lowest BCUT2D eigenvalue weighted by molar-refractivity contribution is -0.170. The second kappa shape index (κ2) is 7.03. The summed E-state index contributed by atoms with van der Waals surface area (Å²) in [6.07, 6.45) is 2.77. The number of aliphatic hydroxyl groups is 1. The van der Waals surface area contributed by atoms with Gasteiger partial charge in [0.15, 0.2) is 6.29 Å². The van der Waals surface area contributed by atoms with Gasteiger partial charge in [-0.25, -0.2) is 4.79 Å². The van der Waals surface area contributed by atoms with E-state index in [2.05, 4.69) is 0 Å². The molecule has 3 rings (SSSR count). The number of aliphatic hydroxyl groups excluding tert-OH is 1. The van der Waals surface area contributed by atoms with Crippen molar-refractivity contribution in [2.75, 3.05) is 6.61 Å². The molecule has 0 aromatic carbocycles. The van der Waals surface area contributed by atoms with E-state index in [-0.39, 0.29) is 30.9 Å². The van der Waals surface area contributed by atoms with E-state index >= 15 is 0 Å². The summed E-state index contributed by atoms with van der Waals surface area (Å²) in [5.74, 6) is -0.198. The molecule has 1 aromatic rings. The Morgan fingerprint density at radius 3 is 2.70 bits per heavy atom. The van der Waals surface area contributed by atoms with Crippen LogP contribution in [0.5, 0.6) is 0 Å². The van der Waals surface area contributed by atoms with Gasteiger partial charge in [-0.3, -0.25) is 0 Å². The van der Waals surface area contributed by atoms with Crippen molar-refractivity contribution in [3.8, 4) is 0 Å². The van der Waals surface area contributed by atoms with Crippen LogP contribution in [-0.2, 0) is 32.2 Å². The molecular weight excluding hydrogens is 298 g/mol. The molecule has 0 aliphatic carbocycles. The summed E-state index contributed by atoms with van der Waals surface area (Å²) in [5, 5.41) is 9.61. The van der Waals surface area contributed by atoms with E-state index in [1.54, 1.807) is 0 Å². The monoisotopic (exact) mass is 323 g/mol. The van der Waals surface area contributed by atoms with Crippen LogP contribution in [0.2, 0.25) is 0 Å². The Kier molecular flexibility index (Phi) is 5.04. The Balaban J connectivity index is 1.78. The molecule has 1 N–H and O–H groups in total. The second-order valence-electron chi connectivity index (χ2n) is 6.40. The van der Waals surface area contributed by atoms with Crippen molar-refractivity contribution < 1.29 is 24.1 Å². The Bertz CT molecular complexity index is 549. The molecule has 1 aromatic heterocycles. The van der Waals surface area contributed by atoms with Gasteiger partial charge in [0.05, 0.1) is 13.2 Å². The first-order valence-electron chi connectivity index (χ1n) is 8.35. The lowest BCUT2D eigenvalue weighted by Crippen LogP contribution is -2.26. The maximum Gasteiger partial charge on any atom is 0.329 e. The van der Waals surface area contributed by atoms with E-state index in [1.165, 1.54) is 0 Å². The third kappa shape index (κ3) is 3.29. The number of nitrogens with zero attached hydrogens (tertiary/aromatic N) is 1. The summed E-state index contributed by atoms with van der Waals surface area (Å²) in [6, 6.07) is 3.33. The van der Waals surface area contributed by atoms with Crippen molar-refractivity contribution in [1.82, 2.24) is 4.57 Å². The molecule has 6 heteroatoms. The SMILES string of the molecule is C[C@H]1[C@H](n2c(CO)ccc2COC2CCCCO2)C(=O)O[C@@H]1C. The highest BCUT2D eigenvalue weighted by atomic mass is 16.7. The van der Waals surface area contributed by atoms with Gasteiger partial charge in [0.1, 0.15) is 12.1 Å². The fourth-order valence-electron chi connectivity index (χ4n) is 3.33. The van der Waals surface area contributed by atoms with Crippen molar-refractivity contribution in [1.29, 1.82) is 0 Å². The molecule has 23 heavy (non-hydrogen) atoms. The molecule has 0 saturated carbocycles. The van der Waals surface area contributed by atoms with E-state index in [1.807, 2.05) is 30.5 Å². The number of carbonyl (C=O) groups is 1. The zero-order valence-electron chi connectivity index (χ0n) is 13.7. The van der Waals surface area contributed by atoms with E-state index in [0.717, 1.165) is 31.6 Å². The van der Waals surface area contributed by atoms with E-state index in [4.69, 9.17) is 14.2 Å². The quantitative estimate of drug-likeness (QED) is 0.841. The first-order chi connectivity index (χ1) is 11.1. The molecular formula is C17H25NO5. The van der Waals surface area contributed by atoms with Gasteiger partial charge in [-0.15, -0.1) is 0 Å². The second-order valence-corrected chi connectivity index (χ2v) is 6.40. The molecule has 4 atom stereocenters. The molecule has 2 aliphatic rings. The van der Waals surface area contributed by atoms with Crippen molar-refractivity contribution in [3.05, 3.63) is 23.5 Å². The first kappa shape index (κ1) is 16.5. The largest absolute Gasteiger partial charge is 0.461 e. The molecule has 128 valence electrons. The summed E-state index contributed by atoms with van der Waals surface area (Å²) in [7, 11) is 0. The van der Waals surface area contributed by atoms with Gasteiger partial charge in [0.2, 0.25) is 0 Å². The maximum absolute atomic E-state index is 12.2. The summed E-state index contributed by atoms with van der Waals surface area (Å²) in [6.45, 7) is 4.87. The smallest absolute Gasteiger partial charge is 0.329 e. The highest BCUT2D eigenvalue weighted by molar-refractivity contribution is 5.77. The van der Waals surface area contributed by atoms with E-state index in [0.29, 0.717) is 12.3 Å². The minimum atomic E-state index is -0.409. The van der Waals surface area contributed by atoms with Gasteiger partial charge in [-0.1, -0.05) is 6.92 Å². The van der Waals surface area contributed by atoms with Gasteiger partial charge < -0.3 is 23.9 Å². The Morgan fingerprint density at radius 1 is 1.30 bits per heavy atom. The molecule has 0 spiro atoms. The highest BCUT2D eigenvalue weighted by Gasteiger charge is 2.42. The molecule has 0 bridgehead atoms. The van der Waals surface area contributed by atoms with E-state index < -0.39 is 6.04 Å². The van der Waals surface area contributed by atoms with Crippen LogP contribution in [0.25, 0.3) is 0 Å². The third-order valence-electron chi connectivity index (χ3n) is 4.86. The average Bonchev–Trinajstić information content (AvgIpc) is 3.06. The molecule has 2 saturated heterocycles. The minimum absolute atomic E-state index is 0.0462. The van der Waals surface area contributed by atoms with Gasteiger partial charge in [0, 0.05) is 23.9 Å². The van der Waals surface area contributed by atoms with Crippen LogP contribution in [0, 0.1) is 5.92 Å². The molecule has 2 aliphatic heterocycles. The number of hydrogen-bond acceptors (Lipinski definition) is 5. The normalized spacial score (nSPS) is 31.3. The molecule has 0 radical (unpaired) electrons. The predicted octanol–water partition coefficient (Wildman–Crippen LogP) is 2.15. The van der Waals surface area contributed by atoms with Gasteiger partial charge >= 0.3 is 5.97 Å². The summed E-state index contributed by atoms with van der Waals surface area (Å²) in [5.41, 5.74) is 1.57. The average molecular weight is 323 g/mol. The summed E-state index contributed by atoms with van der Waals surface area (Å²) in [4.78, 5) is 12.2. The van der Waals surface area contributed by atoms with Crippen LogP contribution >= 0.6 is 0 Å². The lowest BCUT2D eigenvalue weighted by atomic mass is 9.99. The Labute approximate surface area is 136 Å². The van der Waals surface area contributed by atoms with E-state index in [9.17, 15) is 9.90 Å². The topological polar surface area (TPSA) is 69.9 Å². The Hall–Kier alpha value is -1.37. The summed E-state index contributed by atoms with van der Waals surface area (Å²) >= 11 is 0. The van der Waals surface area contributed by atoms with Crippen molar-refractivity contribution >= 4 is 5.97 Å². The van der Waals surface area contributed by atoms with Crippen LogP contribution in [0.4, 0.5) is 0 Å². The predicted molar refractivity (Wildman–Crippen MR) is 82.5 cm³/mol. The molecule has 3 heterocycles. The number of carbonyl (C=O) groups excluding carboxylic acids is 1. The zero-order valence-corrected chi connectivity index (χ0v) is 13.7. The van der Waals surface area contributed by atoms with Crippen LogP contribution < -0.4 is 0 Å². The van der Waals surface area contributed by atoms with Crippen molar-refractivity contribution in [2.24, 2.45) is 5.92 Å². The number of hydrogen-bond donors (Lipinski definition) is 1. The number of rotatable bonds is 5. The highest BCUT2D eigenvalue weighted by Crippen LogP contribution is 2.35. The van der Waals surface area contributed by atoms with Gasteiger partial charge in [-0.2, -0.15) is 0 Å². The molecule has 0 amide bonds. The number of cyclic esters (lactones) is 1. The Morgan fingerprint density at radius 2 is 2.09 bits per heavy atom. The zero-order chi connectivity index (χ0) is 16.4. The van der Waals surface area contributed by atoms with Crippen LogP contribution in [0.15, 0.2) is 12.1 Å². The van der Waals surface area contributed by atoms with Crippen LogP contribution in [0.1, 0.15) is 50.5 Å². The number of aromatic nitrogens is 1. The fourth-order valence-corrected chi connectivity index (χ4v) is 3.33. The van der Waals surface area contributed by atoms with Crippen LogP contribution in [-0.4, -0.2) is 34.6 Å². The third-order valence-corrected chi connectivity index (χ3v) is 4.86. The van der Waals surface area contributed by atoms with Crippen molar-refractivity contribution in [3.63, 3.8) is 0 Å². The molecule has 6 nitrogen and oxygen atoms in total. The summed E-state index contributed by atoms with van der Waals surface area (Å²) < 4.78 is 18.7. The van der Waals surface area contributed by atoms with Gasteiger partial charge in [-0.05, 0) is 38.3 Å².